The molecule has 0 aliphatic carbocycles. The summed E-state index contributed by atoms with van der Waals surface area (Å²) in [7, 11) is -2.59. The molecule has 1 N–H and O–H groups in total. The zero-order valence-corrected chi connectivity index (χ0v) is 15.6. The highest BCUT2D eigenvalue weighted by Crippen LogP contribution is 2.19. The molecule has 0 unspecified atom stereocenters. The van der Waals surface area contributed by atoms with Gasteiger partial charge in [0.05, 0.1) is 25.0 Å². The van der Waals surface area contributed by atoms with Crippen molar-refractivity contribution in [1.82, 2.24) is 15.5 Å². The summed E-state index contributed by atoms with van der Waals surface area (Å²) in [5.74, 6) is -1.43. The SMILES string of the molecule is COc1ccccc1C(=O)NCc1nnc(S(=O)(=O)Cc2ccccc2F)o1. The van der Waals surface area contributed by atoms with Crippen LogP contribution in [-0.4, -0.2) is 31.6 Å². The normalized spacial score (nSPS) is 11.2. The van der Waals surface area contributed by atoms with E-state index in [1.54, 1.807) is 24.3 Å². The fraction of sp³-hybridized carbons (Fsp3) is 0.167. The van der Waals surface area contributed by atoms with Crippen molar-refractivity contribution in [3.05, 3.63) is 71.4 Å². The summed E-state index contributed by atoms with van der Waals surface area (Å²) in [5.41, 5.74) is 0.295. The van der Waals surface area contributed by atoms with Gasteiger partial charge in [-0.2, -0.15) is 0 Å². The van der Waals surface area contributed by atoms with Crippen LogP contribution in [0, 0.1) is 5.82 Å². The minimum atomic E-state index is -4.03. The van der Waals surface area contributed by atoms with E-state index in [4.69, 9.17) is 9.15 Å². The molecule has 146 valence electrons. The molecule has 0 radical (unpaired) electrons. The smallest absolute Gasteiger partial charge is 0.335 e. The summed E-state index contributed by atoms with van der Waals surface area (Å²) < 4.78 is 48.6. The van der Waals surface area contributed by atoms with Crippen molar-refractivity contribution in [2.75, 3.05) is 7.11 Å². The number of nitrogens with zero attached hydrogens (tertiary/aromatic N) is 2. The van der Waals surface area contributed by atoms with Gasteiger partial charge in [-0.25, -0.2) is 12.8 Å². The third-order valence-corrected chi connectivity index (χ3v) is 5.16. The molecule has 0 saturated heterocycles. The first kappa shape index (κ1) is 19.5. The number of hydrogen-bond acceptors (Lipinski definition) is 7. The Balaban J connectivity index is 1.68. The molecule has 2 aromatic carbocycles. The van der Waals surface area contributed by atoms with Crippen molar-refractivity contribution in [3.8, 4) is 5.75 Å². The second-order valence-electron chi connectivity index (χ2n) is 5.70. The molecule has 8 nitrogen and oxygen atoms in total. The van der Waals surface area contributed by atoms with Gasteiger partial charge in [0.2, 0.25) is 15.7 Å². The van der Waals surface area contributed by atoms with Gasteiger partial charge in [-0.15, -0.1) is 5.10 Å². The van der Waals surface area contributed by atoms with E-state index in [2.05, 4.69) is 15.5 Å². The topological polar surface area (TPSA) is 111 Å². The molecule has 0 atom stereocenters. The zero-order valence-electron chi connectivity index (χ0n) is 14.8. The number of aromatic nitrogens is 2. The number of ether oxygens (including phenoxy) is 1. The van der Waals surface area contributed by atoms with Crippen LogP contribution < -0.4 is 10.1 Å². The Morgan fingerprint density at radius 1 is 1.14 bits per heavy atom. The average molecular weight is 405 g/mol. The second-order valence-corrected chi connectivity index (χ2v) is 7.56. The van der Waals surface area contributed by atoms with Crippen molar-refractivity contribution in [3.63, 3.8) is 0 Å². The van der Waals surface area contributed by atoms with Crippen LogP contribution in [0.3, 0.4) is 0 Å². The van der Waals surface area contributed by atoms with Crippen molar-refractivity contribution in [1.29, 1.82) is 0 Å². The van der Waals surface area contributed by atoms with E-state index in [9.17, 15) is 17.6 Å². The van der Waals surface area contributed by atoms with E-state index >= 15 is 0 Å². The maximum Gasteiger partial charge on any atom is 0.335 e. The highest BCUT2D eigenvalue weighted by molar-refractivity contribution is 7.90. The highest BCUT2D eigenvalue weighted by atomic mass is 32.2. The van der Waals surface area contributed by atoms with E-state index in [-0.39, 0.29) is 18.0 Å². The number of methoxy groups -OCH3 is 1. The summed E-state index contributed by atoms with van der Waals surface area (Å²) in [6.07, 6.45) is 0. The van der Waals surface area contributed by atoms with Gasteiger partial charge in [0.15, 0.2) is 0 Å². The van der Waals surface area contributed by atoms with Gasteiger partial charge in [-0.1, -0.05) is 35.4 Å². The largest absolute Gasteiger partial charge is 0.496 e. The van der Waals surface area contributed by atoms with Crippen LogP contribution in [0.15, 0.2) is 58.2 Å². The lowest BCUT2D eigenvalue weighted by Gasteiger charge is -2.07. The Kier molecular flexibility index (Phi) is 5.69. The van der Waals surface area contributed by atoms with Crippen molar-refractivity contribution < 1.29 is 26.8 Å². The van der Waals surface area contributed by atoms with Gasteiger partial charge in [0.1, 0.15) is 11.6 Å². The number of amides is 1. The summed E-state index contributed by atoms with van der Waals surface area (Å²) in [6.45, 7) is -0.181. The molecule has 0 aliphatic heterocycles. The van der Waals surface area contributed by atoms with E-state index in [0.29, 0.717) is 11.3 Å². The second kappa shape index (κ2) is 8.17. The Bertz CT molecular complexity index is 1100. The van der Waals surface area contributed by atoms with Crippen LogP contribution in [0.1, 0.15) is 21.8 Å². The quantitative estimate of drug-likeness (QED) is 0.641. The third-order valence-electron chi connectivity index (χ3n) is 3.77. The molecular weight excluding hydrogens is 389 g/mol. The predicted molar refractivity (Wildman–Crippen MR) is 95.8 cm³/mol. The van der Waals surface area contributed by atoms with E-state index in [1.165, 1.54) is 25.3 Å². The van der Waals surface area contributed by atoms with Gasteiger partial charge >= 0.3 is 5.22 Å². The number of carbonyl (C=O) groups is 1. The van der Waals surface area contributed by atoms with Gasteiger partial charge in [-0.05, 0) is 18.2 Å². The molecule has 0 aliphatic rings. The summed E-state index contributed by atoms with van der Waals surface area (Å²) >= 11 is 0. The predicted octanol–water partition coefficient (Wildman–Crippen LogP) is 2.12. The molecule has 10 heteroatoms. The number of sulfone groups is 1. The Morgan fingerprint density at radius 2 is 1.86 bits per heavy atom. The lowest BCUT2D eigenvalue weighted by atomic mass is 10.2. The molecule has 0 bridgehead atoms. The minimum absolute atomic E-state index is 0.00766. The van der Waals surface area contributed by atoms with Crippen molar-refractivity contribution in [2.24, 2.45) is 0 Å². The van der Waals surface area contributed by atoms with Crippen LogP contribution in [0.5, 0.6) is 5.75 Å². The summed E-state index contributed by atoms with van der Waals surface area (Å²) in [6, 6.07) is 12.1. The van der Waals surface area contributed by atoms with Crippen LogP contribution >= 0.6 is 0 Å². The molecule has 1 amide bonds. The van der Waals surface area contributed by atoms with Gasteiger partial charge in [0, 0.05) is 5.56 Å². The molecule has 3 aromatic rings. The number of nitrogens with one attached hydrogen (secondary N) is 1. The number of carbonyl (C=O) groups excluding carboxylic acids is 1. The standard InChI is InChI=1S/C18H16FN3O5S/c1-26-15-9-5-3-7-13(15)17(23)20-10-16-21-22-18(27-16)28(24,25)11-12-6-2-4-8-14(12)19/h2-9H,10-11H2,1H3,(H,20,23). The van der Waals surface area contributed by atoms with Crippen LogP contribution in [0.4, 0.5) is 4.39 Å². The van der Waals surface area contributed by atoms with Gasteiger partial charge in [-0.3, -0.25) is 4.79 Å². The maximum absolute atomic E-state index is 13.7. The van der Waals surface area contributed by atoms with Crippen molar-refractivity contribution in [2.45, 2.75) is 17.5 Å². The first-order valence-electron chi connectivity index (χ1n) is 8.10. The lowest BCUT2D eigenvalue weighted by Crippen LogP contribution is -2.23. The number of para-hydroxylation sites is 1. The number of halogens is 1. The molecular formula is C18H16FN3O5S. The van der Waals surface area contributed by atoms with Gasteiger partial charge in [0.25, 0.3) is 5.91 Å². The van der Waals surface area contributed by atoms with Crippen molar-refractivity contribution >= 4 is 15.7 Å². The van der Waals surface area contributed by atoms with Crippen LogP contribution in [-0.2, 0) is 22.1 Å². The summed E-state index contributed by atoms with van der Waals surface area (Å²) in [5, 5.41) is 9.02. The molecule has 3 rings (SSSR count). The molecule has 1 heterocycles. The molecule has 1 aromatic heterocycles. The molecule has 0 saturated carbocycles. The average Bonchev–Trinajstić information content (AvgIpc) is 3.18. The maximum atomic E-state index is 13.7. The van der Waals surface area contributed by atoms with E-state index in [0.717, 1.165) is 6.07 Å². The van der Waals surface area contributed by atoms with Gasteiger partial charge < -0.3 is 14.5 Å². The zero-order chi connectivity index (χ0) is 20.1. The Morgan fingerprint density at radius 3 is 2.61 bits per heavy atom. The number of hydrogen-bond donors (Lipinski definition) is 1. The highest BCUT2D eigenvalue weighted by Gasteiger charge is 2.24. The van der Waals surface area contributed by atoms with Crippen LogP contribution in [0.25, 0.3) is 0 Å². The van der Waals surface area contributed by atoms with E-state index in [1.807, 2.05) is 0 Å². The first-order valence-corrected chi connectivity index (χ1v) is 9.75. The fourth-order valence-corrected chi connectivity index (χ4v) is 3.56. The monoisotopic (exact) mass is 405 g/mol. The molecule has 0 fully saturated rings. The Hall–Kier alpha value is -3.27. The lowest BCUT2D eigenvalue weighted by molar-refractivity contribution is 0.0943. The van der Waals surface area contributed by atoms with E-state index < -0.39 is 32.5 Å². The Labute approximate surface area is 160 Å². The fourth-order valence-electron chi connectivity index (χ4n) is 2.40. The third kappa shape index (κ3) is 4.34. The number of benzene rings is 2. The minimum Gasteiger partial charge on any atom is -0.496 e. The summed E-state index contributed by atoms with van der Waals surface area (Å²) in [4.78, 5) is 12.2. The number of rotatable bonds is 7. The molecule has 0 spiro atoms. The van der Waals surface area contributed by atoms with Crippen LogP contribution in [0.2, 0.25) is 0 Å². The molecule has 28 heavy (non-hydrogen) atoms. The first-order chi connectivity index (χ1) is 13.4.